The zero-order valence-electron chi connectivity index (χ0n) is 17.2. The molecular formula is C22H26ClN3O3. The van der Waals surface area contributed by atoms with Gasteiger partial charge in [-0.05, 0) is 43.4 Å². The quantitative estimate of drug-likeness (QED) is 0.765. The Labute approximate surface area is 175 Å². The van der Waals surface area contributed by atoms with E-state index in [1.54, 1.807) is 25.1 Å². The predicted molar refractivity (Wildman–Crippen MR) is 114 cm³/mol. The Hall–Kier alpha value is -2.47. The minimum absolute atomic E-state index is 0.00110. The maximum atomic E-state index is 12.7. The van der Waals surface area contributed by atoms with Crippen molar-refractivity contribution >= 4 is 29.0 Å². The van der Waals surface area contributed by atoms with Crippen LogP contribution < -0.4 is 10.9 Å². The van der Waals surface area contributed by atoms with Crippen molar-refractivity contribution in [1.29, 1.82) is 0 Å². The summed E-state index contributed by atoms with van der Waals surface area (Å²) < 4.78 is 1.38. The molecule has 1 aliphatic carbocycles. The van der Waals surface area contributed by atoms with Gasteiger partial charge in [0.25, 0.3) is 5.56 Å². The fourth-order valence-corrected chi connectivity index (χ4v) is 3.37. The molecule has 0 radical (unpaired) electrons. The van der Waals surface area contributed by atoms with Gasteiger partial charge in [0.2, 0.25) is 5.91 Å². The van der Waals surface area contributed by atoms with E-state index >= 15 is 0 Å². The van der Waals surface area contributed by atoms with Crippen LogP contribution in [0.5, 0.6) is 0 Å². The molecule has 154 valence electrons. The number of hydrogen-bond acceptors (Lipinski definition) is 4. The van der Waals surface area contributed by atoms with E-state index < -0.39 is 0 Å². The van der Waals surface area contributed by atoms with Gasteiger partial charge >= 0.3 is 0 Å². The minimum atomic E-state index is -0.302. The first-order chi connectivity index (χ1) is 13.5. The topological polar surface area (TPSA) is 81.1 Å². The van der Waals surface area contributed by atoms with Crippen LogP contribution in [-0.4, -0.2) is 21.2 Å². The Balaban J connectivity index is 1.91. The van der Waals surface area contributed by atoms with Crippen molar-refractivity contribution in [3.63, 3.8) is 0 Å². The lowest BCUT2D eigenvalue weighted by Gasteiger charge is -2.18. The summed E-state index contributed by atoms with van der Waals surface area (Å²) in [6.07, 6.45) is 2.16. The molecule has 1 aromatic carbocycles. The molecule has 1 heterocycles. The molecule has 0 spiro atoms. The van der Waals surface area contributed by atoms with Crippen molar-refractivity contribution in [2.45, 2.75) is 53.5 Å². The fraction of sp³-hybridized carbons (Fsp3) is 0.455. The normalized spacial score (nSPS) is 14.0. The predicted octanol–water partition coefficient (Wildman–Crippen LogP) is 4.23. The molecule has 0 bridgehead atoms. The number of carbonyl (C=O) groups is 2. The number of nitrogens with zero attached hydrogens (tertiary/aromatic N) is 2. The maximum Gasteiger partial charge on any atom is 0.254 e. The minimum Gasteiger partial charge on any atom is -0.325 e. The van der Waals surface area contributed by atoms with Gasteiger partial charge in [-0.3, -0.25) is 19.0 Å². The lowest BCUT2D eigenvalue weighted by atomic mass is 9.90. The maximum absolute atomic E-state index is 12.7. The average Bonchev–Trinajstić information content (AvgIpc) is 3.41. The van der Waals surface area contributed by atoms with E-state index in [1.807, 2.05) is 20.8 Å². The molecule has 0 saturated heterocycles. The molecule has 7 heteroatoms. The number of nitrogens with one attached hydrogen (secondary N) is 1. The monoisotopic (exact) mass is 415 g/mol. The summed E-state index contributed by atoms with van der Waals surface area (Å²) in [7, 11) is 0. The van der Waals surface area contributed by atoms with Crippen LogP contribution >= 0.6 is 11.6 Å². The van der Waals surface area contributed by atoms with Gasteiger partial charge in [-0.15, -0.1) is 0 Å². The molecule has 0 atom stereocenters. The number of aryl methyl sites for hydroxylation is 1. The number of ketones is 1. The molecule has 1 saturated carbocycles. The zero-order chi connectivity index (χ0) is 21.3. The summed E-state index contributed by atoms with van der Waals surface area (Å²) in [5, 5.41) is 3.38. The molecule has 1 aliphatic rings. The SMILES string of the molecule is Cc1nc(-c2ccc(Cl)cc2NC(=O)C2CC2)cc(=O)n1CC(=O)CC(C)(C)C. The molecule has 1 fully saturated rings. The second-order valence-electron chi connectivity index (χ2n) is 8.84. The molecule has 29 heavy (non-hydrogen) atoms. The largest absolute Gasteiger partial charge is 0.325 e. The molecule has 0 unspecified atom stereocenters. The third-order valence-electron chi connectivity index (χ3n) is 4.72. The van der Waals surface area contributed by atoms with Crippen molar-refractivity contribution in [2.75, 3.05) is 5.32 Å². The number of hydrogen-bond donors (Lipinski definition) is 1. The van der Waals surface area contributed by atoms with E-state index in [2.05, 4.69) is 10.3 Å². The van der Waals surface area contributed by atoms with Crippen LogP contribution in [0.1, 0.15) is 45.9 Å². The Bertz CT molecular complexity index is 1020. The number of halogens is 1. The van der Waals surface area contributed by atoms with Crippen LogP contribution in [0.4, 0.5) is 5.69 Å². The van der Waals surface area contributed by atoms with Gasteiger partial charge in [0.1, 0.15) is 5.82 Å². The Morgan fingerprint density at radius 3 is 2.52 bits per heavy atom. The number of rotatable bonds is 6. The Morgan fingerprint density at radius 2 is 1.93 bits per heavy atom. The van der Waals surface area contributed by atoms with Crippen molar-refractivity contribution in [2.24, 2.45) is 11.3 Å². The number of amides is 1. The highest BCUT2D eigenvalue weighted by molar-refractivity contribution is 6.31. The van der Waals surface area contributed by atoms with Gasteiger partial charge in [0.15, 0.2) is 5.78 Å². The fourth-order valence-electron chi connectivity index (χ4n) is 3.20. The van der Waals surface area contributed by atoms with Crippen molar-refractivity contribution in [3.05, 3.63) is 45.5 Å². The van der Waals surface area contributed by atoms with E-state index in [0.717, 1.165) is 12.8 Å². The Kier molecular flexibility index (Phi) is 5.94. The standard InChI is InChI=1S/C22H26ClN3O3/c1-13-24-19(10-20(28)26(13)12-16(27)11-22(2,3)4)17-8-7-15(23)9-18(17)25-21(29)14-5-6-14/h7-10,14H,5-6,11-12H2,1-4H3,(H,25,29). The summed E-state index contributed by atoms with van der Waals surface area (Å²) in [6.45, 7) is 7.66. The molecule has 1 aromatic heterocycles. The highest BCUT2D eigenvalue weighted by Crippen LogP contribution is 2.33. The lowest BCUT2D eigenvalue weighted by molar-refractivity contribution is -0.121. The summed E-state index contributed by atoms with van der Waals surface area (Å²) in [4.78, 5) is 41.8. The third-order valence-corrected chi connectivity index (χ3v) is 4.96. The van der Waals surface area contributed by atoms with E-state index in [-0.39, 0.29) is 35.1 Å². The second-order valence-corrected chi connectivity index (χ2v) is 9.28. The van der Waals surface area contributed by atoms with Crippen molar-refractivity contribution in [3.8, 4) is 11.3 Å². The second kappa shape index (κ2) is 8.11. The van der Waals surface area contributed by atoms with Gasteiger partial charge in [-0.2, -0.15) is 0 Å². The van der Waals surface area contributed by atoms with E-state index in [1.165, 1.54) is 10.6 Å². The molecule has 1 N–H and O–H groups in total. The van der Waals surface area contributed by atoms with E-state index in [4.69, 9.17) is 11.6 Å². The number of anilines is 1. The van der Waals surface area contributed by atoms with Crippen molar-refractivity contribution in [1.82, 2.24) is 9.55 Å². The number of aromatic nitrogens is 2. The van der Waals surface area contributed by atoms with Gasteiger partial charge in [-0.1, -0.05) is 32.4 Å². The number of benzene rings is 1. The smallest absolute Gasteiger partial charge is 0.254 e. The van der Waals surface area contributed by atoms with Gasteiger partial charge in [0.05, 0.1) is 17.9 Å². The molecular weight excluding hydrogens is 390 g/mol. The van der Waals surface area contributed by atoms with E-state index in [0.29, 0.717) is 34.2 Å². The third kappa shape index (κ3) is 5.54. The first-order valence-corrected chi connectivity index (χ1v) is 10.1. The summed E-state index contributed by atoms with van der Waals surface area (Å²) in [6, 6.07) is 6.49. The number of Topliss-reactive ketones (excluding diaryl/α,β-unsaturated/α-hetero) is 1. The summed E-state index contributed by atoms with van der Waals surface area (Å²) in [5.41, 5.74) is 1.15. The molecule has 2 aromatic rings. The first-order valence-electron chi connectivity index (χ1n) is 9.74. The van der Waals surface area contributed by atoms with Crippen LogP contribution in [0.3, 0.4) is 0 Å². The van der Waals surface area contributed by atoms with E-state index in [9.17, 15) is 14.4 Å². The Morgan fingerprint density at radius 1 is 1.24 bits per heavy atom. The van der Waals surface area contributed by atoms with Gasteiger partial charge < -0.3 is 5.32 Å². The highest BCUT2D eigenvalue weighted by atomic mass is 35.5. The van der Waals surface area contributed by atoms with Crippen LogP contribution in [0.15, 0.2) is 29.1 Å². The van der Waals surface area contributed by atoms with Gasteiger partial charge in [0, 0.05) is 29.0 Å². The molecule has 6 nitrogen and oxygen atoms in total. The van der Waals surface area contributed by atoms with Gasteiger partial charge in [-0.25, -0.2) is 4.98 Å². The highest BCUT2D eigenvalue weighted by Gasteiger charge is 2.30. The van der Waals surface area contributed by atoms with Crippen LogP contribution in [0, 0.1) is 18.3 Å². The van der Waals surface area contributed by atoms with Crippen LogP contribution in [-0.2, 0) is 16.1 Å². The zero-order valence-corrected chi connectivity index (χ0v) is 18.0. The van der Waals surface area contributed by atoms with Crippen LogP contribution in [0.25, 0.3) is 11.3 Å². The first kappa shape index (κ1) is 21.2. The number of carbonyl (C=O) groups excluding carboxylic acids is 2. The summed E-state index contributed by atoms with van der Waals surface area (Å²) in [5.74, 6) is 0.426. The lowest BCUT2D eigenvalue weighted by Crippen LogP contribution is -2.28. The molecule has 3 rings (SSSR count). The summed E-state index contributed by atoms with van der Waals surface area (Å²) >= 11 is 6.11. The molecule has 1 amide bonds. The van der Waals surface area contributed by atoms with Crippen LogP contribution in [0.2, 0.25) is 5.02 Å². The van der Waals surface area contributed by atoms with Crippen molar-refractivity contribution < 1.29 is 9.59 Å². The molecule has 0 aliphatic heterocycles. The average molecular weight is 416 g/mol.